The second kappa shape index (κ2) is 12.7. The Hall–Kier alpha value is -0.700. The summed E-state index contributed by atoms with van der Waals surface area (Å²) in [5.74, 6) is 0. The molecule has 0 unspecified atom stereocenters. The maximum Gasteiger partial charge on any atom is 0.0518 e. The number of ether oxygens (including phenoxy) is 1. The quantitative estimate of drug-likeness (QED) is 0.301. The van der Waals surface area contributed by atoms with Crippen LogP contribution in [-0.2, 0) is 4.74 Å². The standard InChI is InChI=1S/C15H30N2O/c1-5-7-8-9-10-11-14(3)16-17-15(4)12-13-18-6-2/h5-13H2,1-4H3/b16-14+,17-15+. The highest BCUT2D eigenvalue weighted by Crippen LogP contribution is 2.06. The Balaban J connectivity index is 3.70. The van der Waals surface area contributed by atoms with Crippen LogP contribution < -0.4 is 0 Å². The zero-order valence-electron chi connectivity index (χ0n) is 12.7. The predicted molar refractivity (Wildman–Crippen MR) is 80.7 cm³/mol. The van der Waals surface area contributed by atoms with Crippen molar-refractivity contribution in [2.75, 3.05) is 13.2 Å². The van der Waals surface area contributed by atoms with Crippen molar-refractivity contribution in [2.24, 2.45) is 10.2 Å². The molecule has 0 aromatic carbocycles. The highest BCUT2D eigenvalue weighted by Gasteiger charge is 1.94. The Morgan fingerprint density at radius 3 is 2.06 bits per heavy atom. The molecule has 3 nitrogen and oxygen atoms in total. The van der Waals surface area contributed by atoms with E-state index in [2.05, 4.69) is 24.1 Å². The van der Waals surface area contributed by atoms with Crippen LogP contribution in [0.4, 0.5) is 0 Å². The monoisotopic (exact) mass is 254 g/mol. The summed E-state index contributed by atoms with van der Waals surface area (Å²) in [5, 5.41) is 8.51. The molecule has 0 fully saturated rings. The maximum atomic E-state index is 5.28. The van der Waals surface area contributed by atoms with Crippen LogP contribution >= 0.6 is 0 Å². The molecular formula is C15H30N2O. The molecule has 0 atom stereocenters. The van der Waals surface area contributed by atoms with Gasteiger partial charge in [-0.2, -0.15) is 10.2 Å². The van der Waals surface area contributed by atoms with E-state index in [1.165, 1.54) is 32.1 Å². The lowest BCUT2D eigenvalue weighted by atomic mass is 10.1. The molecule has 18 heavy (non-hydrogen) atoms. The number of unbranched alkanes of at least 4 members (excludes halogenated alkanes) is 4. The van der Waals surface area contributed by atoms with Crippen LogP contribution in [0.1, 0.15) is 72.6 Å². The van der Waals surface area contributed by atoms with Gasteiger partial charge in [-0.05, 0) is 33.6 Å². The van der Waals surface area contributed by atoms with Crippen LogP contribution in [0.2, 0.25) is 0 Å². The van der Waals surface area contributed by atoms with Crippen molar-refractivity contribution in [3.63, 3.8) is 0 Å². The molecule has 0 aliphatic heterocycles. The van der Waals surface area contributed by atoms with Gasteiger partial charge in [0.25, 0.3) is 0 Å². The number of hydrogen-bond acceptors (Lipinski definition) is 3. The number of nitrogens with zero attached hydrogens (tertiary/aromatic N) is 2. The topological polar surface area (TPSA) is 34.0 Å². The lowest BCUT2D eigenvalue weighted by molar-refractivity contribution is 0.155. The summed E-state index contributed by atoms with van der Waals surface area (Å²) < 4.78 is 5.28. The summed E-state index contributed by atoms with van der Waals surface area (Å²) in [5.41, 5.74) is 2.19. The molecule has 0 aromatic heterocycles. The van der Waals surface area contributed by atoms with E-state index in [0.717, 1.165) is 37.5 Å². The van der Waals surface area contributed by atoms with E-state index in [9.17, 15) is 0 Å². The molecule has 3 heteroatoms. The Bertz CT molecular complexity index is 247. The van der Waals surface area contributed by atoms with Crippen molar-refractivity contribution >= 4 is 11.4 Å². The SMILES string of the molecule is CCCCCCC/C(C)=N/N=C(\C)CCOCC. The predicted octanol–water partition coefficient (Wildman–Crippen LogP) is 4.61. The van der Waals surface area contributed by atoms with Gasteiger partial charge in [0, 0.05) is 24.5 Å². The zero-order valence-corrected chi connectivity index (χ0v) is 12.7. The fourth-order valence-corrected chi connectivity index (χ4v) is 1.62. The van der Waals surface area contributed by atoms with Gasteiger partial charge >= 0.3 is 0 Å². The van der Waals surface area contributed by atoms with Crippen molar-refractivity contribution in [2.45, 2.75) is 72.6 Å². The number of rotatable bonds is 11. The molecule has 0 N–H and O–H groups in total. The van der Waals surface area contributed by atoms with E-state index in [4.69, 9.17) is 4.74 Å². The van der Waals surface area contributed by atoms with E-state index in [0.29, 0.717) is 0 Å². The van der Waals surface area contributed by atoms with E-state index < -0.39 is 0 Å². The van der Waals surface area contributed by atoms with Gasteiger partial charge < -0.3 is 4.74 Å². The third kappa shape index (κ3) is 11.8. The first-order valence-corrected chi connectivity index (χ1v) is 7.35. The molecule has 0 bridgehead atoms. The maximum absolute atomic E-state index is 5.28. The molecule has 0 spiro atoms. The van der Waals surface area contributed by atoms with Gasteiger partial charge in [0.15, 0.2) is 0 Å². The largest absolute Gasteiger partial charge is 0.381 e. The lowest BCUT2D eigenvalue weighted by Gasteiger charge is -2.01. The third-order valence-corrected chi connectivity index (χ3v) is 2.85. The molecule has 0 aliphatic carbocycles. The second-order valence-corrected chi connectivity index (χ2v) is 4.78. The molecule has 0 aromatic rings. The van der Waals surface area contributed by atoms with Gasteiger partial charge in [0.05, 0.1) is 6.61 Å². The number of hydrogen-bond donors (Lipinski definition) is 0. The lowest BCUT2D eigenvalue weighted by Crippen LogP contribution is -2.00. The average Bonchev–Trinajstić information content (AvgIpc) is 2.36. The van der Waals surface area contributed by atoms with Crippen molar-refractivity contribution in [3.8, 4) is 0 Å². The summed E-state index contributed by atoms with van der Waals surface area (Å²) in [6, 6.07) is 0. The molecular weight excluding hydrogens is 224 g/mol. The zero-order chi connectivity index (χ0) is 13.6. The van der Waals surface area contributed by atoms with Crippen molar-refractivity contribution in [3.05, 3.63) is 0 Å². The summed E-state index contributed by atoms with van der Waals surface area (Å²) in [6.07, 6.45) is 8.51. The summed E-state index contributed by atoms with van der Waals surface area (Å²) in [4.78, 5) is 0. The Morgan fingerprint density at radius 2 is 1.44 bits per heavy atom. The minimum Gasteiger partial charge on any atom is -0.381 e. The van der Waals surface area contributed by atoms with Crippen molar-refractivity contribution in [1.29, 1.82) is 0 Å². The van der Waals surface area contributed by atoms with Gasteiger partial charge in [-0.25, -0.2) is 0 Å². The molecule has 0 heterocycles. The summed E-state index contributed by atoms with van der Waals surface area (Å²) in [6.45, 7) is 9.85. The van der Waals surface area contributed by atoms with Crippen LogP contribution in [0.25, 0.3) is 0 Å². The first-order chi connectivity index (χ1) is 8.70. The minimum atomic E-state index is 0.747. The van der Waals surface area contributed by atoms with Crippen LogP contribution in [0.15, 0.2) is 10.2 Å². The van der Waals surface area contributed by atoms with E-state index in [-0.39, 0.29) is 0 Å². The highest BCUT2D eigenvalue weighted by molar-refractivity contribution is 5.85. The fourth-order valence-electron chi connectivity index (χ4n) is 1.62. The van der Waals surface area contributed by atoms with Gasteiger partial charge in [0.2, 0.25) is 0 Å². The molecule has 0 saturated carbocycles. The smallest absolute Gasteiger partial charge is 0.0518 e. The summed E-state index contributed by atoms with van der Waals surface area (Å²) >= 11 is 0. The first-order valence-electron chi connectivity index (χ1n) is 7.35. The van der Waals surface area contributed by atoms with E-state index in [1.54, 1.807) is 0 Å². The van der Waals surface area contributed by atoms with Gasteiger partial charge in [0.1, 0.15) is 0 Å². The van der Waals surface area contributed by atoms with Crippen LogP contribution in [0.5, 0.6) is 0 Å². The molecule has 0 saturated heterocycles. The Kier molecular flexibility index (Phi) is 12.3. The Morgan fingerprint density at radius 1 is 0.833 bits per heavy atom. The molecule has 0 rings (SSSR count). The van der Waals surface area contributed by atoms with Crippen molar-refractivity contribution in [1.82, 2.24) is 0 Å². The average molecular weight is 254 g/mol. The van der Waals surface area contributed by atoms with Gasteiger partial charge in [-0.1, -0.05) is 32.6 Å². The summed E-state index contributed by atoms with van der Waals surface area (Å²) in [7, 11) is 0. The molecule has 0 radical (unpaired) electrons. The van der Waals surface area contributed by atoms with Crippen LogP contribution in [0.3, 0.4) is 0 Å². The molecule has 0 amide bonds. The van der Waals surface area contributed by atoms with E-state index >= 15 is 0 Å². The van der Waals surface area contributed by atoms with Crippen LogP contribution in [0, 0.1) is 0 Å². The second-order valence-electron chi connectivity index (χ2n) is 4.78. The molecule has 106 valence electrons. The first kappa shape index (κ1) is 17.3. The van der Waals surface area contributed by atoms with Gasteiger partial charge in [-0.3, -0.25) is 0 Å². The van der Waals surface area contributed by atoms with E-state index in [1.807, 2.05) is 13.8 Å². The minimum absolute atomic E-state index is 0.747. The highest BCUT2D eigenvalue weighted by atomic mass is 16.5. The fraction of sp³-hybridized carbons (Fsp3) is 0.867. The Labute approximate surface area is 113 Å². The van der Waals surface area contributed by atoms with Crippen molar-refractivity contribution < 1.29 is 4.74 Å². The van der Waals surface area contributed by atoms with Crippen LogP contribution in [-0.4, -0.2) is 24.6 Å². The van der Waals surface area contributed by atoms with Gasteiger partial charge in [-0.15, -0.1) is 0 Å². The normalized spacial score (nSPS) is 13.1. The molecule has 0 aliphatic rings. The third-order valence-electron chi connectivity index (χ3n) is 2.85.